The van der Waals surface area contributed by atoms with Crippen LogP contribution in [0.5, 0.6) is 0 Å². The van der Waals surface area contributed by atoms with Crippen molar-refractivity contribution in [2.24, 2.45) is 0 Å². The van der Waals surface area contributed by atoms with Crippen LogP contribution in [0.15, 0.2) is 110 Å². The van der Waals surface area contributed by atoms with Gasteiger partial charge in [-0.3, -0.25) is 0 Å². The fraction of sp³-hybridized carbons (Fsp3) is 0.107. The van der Waals surface area contributed by atoms with Gasteiger partial charge in [-0.1, -0.05) is 55.3 Å². The Morgan fingerprint density at radius 3 is 2.10 bits per heavy atom. The molecule has 1 aliphatic rings. The Hall–Kier alpha value is -2.91. The summed E-state index contributed by atoms with van der Waals surface area (Å²) >= 11 is 0. The molecule has 0 aliphatic heterocycles. The van der Waals surface area contributed by atoms with Crippen LogP contribution in [0.25, 0.3) is 21.9 Å². The number of hydrogen-bond donors (Lipinski definition) is 0. The second-order valence-corrected chi connectivity index (χ2v) is 6.96. The summed E-state index contributed by atoms with van der Waals surface area (Å²) in [6, 6.07) is 32.8. The zero-order valence-electron chi connectivity index (χ0n) is 18.0. The maximum absolute atomic E-state index is 9.33. The van der Waals surface area contributed by atoms with Crippen molar-refractivity contribution in [1.29, 1.82) is 0 Å². The summed E-state index contributed by atoms with van der Waals surface area (Å²) in [5.41, 5.74) is 5.51. The quantitative estimate of drug-likeness (QED) is 0.167. The van der Waals surface area contributed by atoms with E-state index in [0.29, 0.717) is 0 Å². The van der Waals surface area contributed by atoms with E-state index in [9.17, 15) is 10.2 Å². The van der Waals surface area contributed by atoms with Crippen molar-refractivity contribution in [3.8, 4) is 11.1 Å². The number of hydrogen-bond acceptors (Lipinski definition) is 2. The van der Waals surface area contributed by atoms with Gasteiger partial charge in [-0.05, 0) is 6.42 Å². The van der Waals surface area contributed by atoms with Gasteiger partial charge in [0, 0.05) is 0 Å². The van der Waals surface area contributed by atoms with Crippen molar-refractivity contribution in [3.63, 3.8) is 0 Å². The SMILES string of the molecule is C=C(C)[O-].C=C(C)[O-].[Nb+2].[c-]1cccc2c1Cc1ccccc1-2.c1ccc2[cH-]ccc2c1. The number of allylic oxidation sites excluding steroid dienone is 2. The van der Waals surface area contributed by atoms with Crippen molar-refractivity contribution in [2.75, 3.05) is 0 Å². The molecular formula is C28H26NbO2-2. The van der Waals surface area contributed by atoms with Crippen LogP contribution < -0.4 is 10.2 Å². The fourth-order valence-electron chi connectivity index (χ4n) is 3.07. The summed E-state index contributed by atoms with van der Waals surface area (Å²) in [7, 11) is 0. The first-order valence-corrected chi connectivity index (χ1v) is 9.72. The molecule has 0 N–H and O–H groups in total. The third-order valence-electron chi connectivity index (χ3n) is 4.16. The second kappa shape index (κ2) is 13.4. The molecule has 4 aromatic carbocycles. The molecule has 1 radical (unpaired) electrons. The average molecular weight is 487 g/mol. The Morgan fingerprint density at radius 2 is 1.42 bits per heavy atom. The first-order valence-electron chi connectivity index (χ1n) is 9.72. The van der Waals surface area contributed by atoms with E-state index < -0.39 is 0 Å². The molecule has 0 aromatic heterocycles. The van der Waals surface area contributed by atoms with Crippen molar-refractivity contribution < 1.29 is 32.6 Å². The first-order chi connectivity index (χ1) is 14.4. The van der Waals surface area contributed by atoms with Gasteiger partial charge in [-0.2, -0.15) is 47.3 Å². The topological polar surface area (TPSA) is 46.1 Å². The number of benzene rings is 3. The molecule has 0 unspecified atom stereocenters. The van der Waals surface area contributed by atoms with Crippen LogP contribution in [0.4, 0.5) is 0 Å². The molecule has 0 bridgehead atoms. The summed E-state index contributed by atoms with van der Waals surface area (Å²) in [4.78, 5) is 0. The number of rotatable bonds is 0. The van der Waals surface area contributed by atoms with Gasteiger partial charge in [0.25, 0.3) is 0 Å². The van der Waals surface area contributed by atoms with Gasteiger partial charge in [0.15, 0.2) is 0 Å². The third kappa shape index (κ3) is 8.77. The molecule has 2 nitrogen and oxygen atoms in total. The van der Waals surface area contributed by atoms with Gasteiger partial charge in [-0.15, -0.1) is 59.9 Å². The molecule has 0 saturated heterocycles. The molecule has 0 fully saturated rings. The van der Waals surface area contributed by atoms with E-state index in [4.69, 9.17) is 0 Å². The molecule has 0 heterocycles. The van der Waals surface area contributed by atoms with Gasteiger partial charge in [0.1, 0.15) is 0 Å². The normalized spacial score (nSPS) is 9.74. The fourth-order valence-corrected chi connectivity index (χ4v) is 3.07. The molecule has 31 heavy (non-hydrogen) atoms. The molecule has 157 valence electrons. The Bertz CT molecular complexity index is 1010. The molecule has 1 aliphatic carbocycles. The second-order valence-electron chi connectivity index (χ2n) is 6.96. The Kier molecular flexibility index (Phi) is 11.3. The maximum Gasteiger partial charge on any atom is 2.00 e. The van der Waals surface area contributed by atoms with Gasteiger partial charge >= 0.3 is 22.4 Å². The molecule has 0 spiro atoms. The van der Waals surface area contributed by atoms with Crippen molar-refractivity contribution in [3.05, 3.63) is 127 Å². The van der Waals surface area contributed by atoms with Crippen LogP contribution in [0, 0.1) is 6.07 Å². The van der Waals surface area contributed by atoms with Crippen molar-refractivity contribution in [2.45, 2.75) is 20.3 Å². The standard InChI is InChI=1S/C13H9.C9H7.2C3H6O.Nb/c1-3-7-12-10(5-1)9-11-6-2-4-8-13(11)12;1-2-5-9-7-3-6-8(9)4-1;2*1-3(2)4;/h1-5,7-8H,9H2;1-7H;2*4H,1H2,2H3;/q2*-1;;;+2/p-2. The van der Waals surface area contributed by atoms with E-state index in [1.807, 2.05) is 6.07 Å². The summed E-state index contributed by atoms with van der Waals surface area (Å²) in [6.07, 6.45) is 1.05. The largest absolute Gasteiger partial charge is 2.00 e. The molecule has 0 atom stereocenters. The third-order valence-corrected chi connectivity index (χ3v) is 4.16. The Balaban J connectivity index is 0.000000234. The Labute approximate surface area is 201 Å². The van der Waals surface area contributed by atoms with Crippen LogP contribution in [0.2, 0.25) is 0 Å². The van der Waals surface area contributed by atoms with Crippen LogP contribution in [-0.2, 0) is 28.8 Å². The zero-order chi connectivity index (χ0) is 21.9. The van der Waals surface area contributed by atoms with Crippen LogP contribution in [0.3, 0.4) is 0 Å². The van der Waals surface area contributed by atoms with E-state index in [-0.39, 0.29) is 33.9 Å². The van der Waals surface area contributed by atoms with E-state index >= 15 is 0 Å². The maximum atomic E-state index is 9.33. The van der Waals surface area contributed by atoms with Gasteiger partial charge < -0.3 is 10.2 Å². The van der Waals surface area contributed by atoms with E-state index in [1.165, 1.54) is 46.9 Å². The molecule has 3 heteroatoms. The predicted octanol–water partition coefficient (Wildman–Crippen LogP) is 5.37. The van der Waals surface area contributed by atoms with Crippen molar-refractivity contribution >= 4 is 10.8 Å². The predicted molar refractivity (Wildman–Crippen MR) is 123 cm³/mol. The minimum absolute atomic E-state index is 0. The molecule has 0 saturated carbocycles. The summed E-state index contributed by atoms with van der Waals surface area (Å²) < 4.78 is 0. The summed E-state index contributed by atoms with van der Waals surface area (Å²) in [5, 5.41) is 21.3. The monoisotopic (exact) mass is 487 g/mol. The van der Waals surface area contributed by atoms with Crippen molar-refractivity contribution in [1.82, 2.24) is 0 Å². The van der Waals surface area contributed by atoms with E-state index in [0.717, 1.165) is 6.42 Å². The van der Waals surface area contributed by atoms with Crippen LogP contribution in [0.1, 0.15) is 25.0 Å². The van der Waals surface area contributed by atoms with E-state index in [1.54, 1.807) is 0 Å². The van der Waals surface area contributed by atoms with E-state index in [2.05, 4.69) is 98.1 Å². The van der Waals surface area contributed by atoms with Gasteiger partial charge in [0.2, 0.25) is 0 Å². The summed E-state index contributed by atoms with van der Waals surface area (Å²) in [5.74, 6) is -0.167. The molecule has 0 amide bonds. The average Bonchev–Trinajstić information content (AvgIpc) is 3.32. The smallest absolute Gasteiger partial charge is 0.876 e. The van der Waals surface area contributed by atoms with Crippen LogP contribution in [-0.4, -0.2) is 0 Å². The van der Waals surface area contributed by atoms with Gasteiger partial charge in [-0.25, -0.2) is 0 Å². The Morgan fingerprint density at radius 1 is 0.839 bits per heavy atom. The molecular weight excluding hydrogens is 461 g/mol. The number of fused-ring (bicyclic) bond motifs is 4. The first kappa shape index (κ1) is 26.1. The summed E-state index contributed by atoms with van der Waals surface area (Å²) in [6.45, 7) is 8.83. The van der Waals surface area contributed by atoms with Gasteiger partial charge in [0.05, 0.1) is 0 Å². The zero-order valence-corrected chi connectivity index (χ0v) is 20.2. The van der Waals surface area contributed by atoms with Crippen LogP contribution >= 0.6 is 0 Å². The minimum Gasteiger partial charge on any atom is -0.876 e. The molecule has 5 rings (SSSR count). The minimum atomic E-state index is -0.0833. The molecule has 4 aromatic rings.